The number of nitrogens with zero attached hydrogens (tertiary/aromatic N) is 1. The van der Waals surface area contributed by atoms with Gasteiger partial charge in [-0.15, -0.1) is 0 Å². The largest absolute Gasteiger partial charge is 0.399 e. The number of rotatable bonds is 3. The summed E-state index contributed by atoms with van der Waals surface area (Å²) in [6.45, 7) is 1.33. The molecule has 0 aliphatic carbocycles. The van der Waals surface area contributed by atoms with Crippen LogP contribution in [0.4, 0.5) is 5.69 Å². The van der Waals surface area contributed by atoms with Crippen LogP contribution < -0.4 is 5.73 Å². The van der Waals surface area contributed by atoms with E-state index in [-0.39, 0.29) is 5.75 Å². The summed E-state index contributed by atoms with van der Waals surface area (Å²) < 4.78 is 25.5. The number of benzene rings is 1. The monoisotopic (exact) mass is 240 g/mol. The maximum Gasteiger partial charge on any atom is 0.218 e. The lowest BCUT2D eigenvalue weighted by Crippen LogP contribution is -2.29. The summed E-state index contributed by atoms with van der Waals surface area (Å²) in [5.41, 5.74) is 7.00. The minimum absolute atomic E-state index is 0.0767. The Hall–Kier alpha value is -1.07. The Morgan fingerprint density at radius 2 is 1.69 bits per heavy atom. The molecule has 0 aromatic heterocycles. The summed E-state index contributed by atoms with van der Waals surface area (Å²) in [6, 6.07) is 7.00. The molecular weight excluding hydrogens is 224 g/mol. The van der Waals surface area contributed by atoms with Crippen LogP contribution >= 0.6 is 0 Å². The van der Waals surface area contributed by atoms with Crippen LogP contribution in [0.1, 0.15) is 18.4 Å². The number of hydrogen-bond acceptors (Lipinski definition) is 3. The lowest BCUT2D eigenvalue weighted by atomic mass is 10.2. The minimum Gasteiger partial charge on any atom is -0.399 e. The zero-order chi connectivity index (χ0) is 11.6. The Kier molecular flexibility index (Phi) is 3.16. The molecule has 0 atom stereocenters. The number of anilines is 1. The van der Waals surface area contributed by atoms with Gasteiger partial charge in [0, 0.05) is 18.8 Å². The quantitative estimate of drug-likeness (QED) is 0.807. The van der Waals surface area contributed by atoms with E-state index in [1.54, 1.807) is 28.6 Å². The lowest BCUT2D eigenvalue weighted by molar-refractivity contribution is 0.476. The zero-order valence-corrected chi connectivity index (χ0v) is 9.91. The lowest BCUT2D eigenvalue weighted by Gasteiger charge is -2.15. The van der Waals surface area contributed by atoms with Gasteiger partial charge < -0.3 is 5.73 Å². The predicted octanol–water partition coefficient (Wildman–Crippen LogP) is 1.19. The molecule has 1 fully saturated rings. The number of sulfonamides is 1. The van der Waals surface area contributed by atoms with Crippen molar-refractivity contribution in [2.45, 2.75) is 18.6 Å². The topological polar surface area (TPSA) is 63.4 Å². The van der Waals surface area contributed by atoms with Gasteiger partial charge in [-0.1, -0.05) is 12.1 Å². The Bertz CT molecular complexity index is 447. The standard InChI is InChI=1S/C11H16N2O2S/c12-11-5-3-10(4-6-11)9-16(14,15)13-7-1-2-8-13/h3-6H,1-2,7-9,12H2. The maximum absolute atomic E-state index is 12.0. The van der Waals surface area contributed by atoms with Gasteiger partial charge in [0.15, 0.2) is 0 Å². The third-order valence-corrected chi connectivity index (χ3v) is 4.64. The van der Waals surface area contributed by atoms with E-state index < -0.39 is 10.0 Å². The van der Waals surface area contributed by atoms with Crippen LogP contribution in [-0.4, -0.2) is 25.8 Å². The average molecular weight is 240 g/mol. The fourth-order valence-electron chi connectivity index (χ4n) is 1.88. The molecule has 1 aromatic rings. The molecule has 1 heterocycles. The Morgan fingerprint density at radius 3 is 2.25 bits per heavy atom. The molecule has 0 spiro atoms. The summed E-state index contributed by atoms with van der Waals surface area (Å²) in [7, 11) is -3.13. The first-order valence-electron chi connectivity index (χ1n) is 5.40. The van der Waals surface area contributed by atoms with Crippen molar-refractivity contribution < 1.29 is 8.42 Å². The van der Waals surface area contributed by atoms with Crippen molar-refractivity contribution >= 4 is 15.7 Å². The van der Waals surface area contributed by atoms with Crippen molar-refractivity contribution in [1.29, 1.82) is 0 Å². The molecule has 2 N–H and O–H groups in total. The first-order valence-corrected chi connectivity index (χ1v) is 7.01. The molecule has 2 rings (SSSR count). The molecule has 0 bridgehead atoms. The molecule has 0 unspecified atom stereocenters. The summed E-state index contributed by atoms with van der Waals surface area (Å²) in [5.74, 6) is 0.0767. The molecule has 1 saturated heterocycles. The SMILES string of the molecule is Nc1ccc(CS(=O)(=O)N2CCCC2)cc1. The van der Waals surface area contributed by atoms with Crippen molar-refractivity contribution in [3.05, 3.63) is 29.8 Å². The number of hydrogen-bond donors (Lipinski definition) is 1. The fourth-order valence-corrected chi connectivity index (χ4v) is 3.49. The van der Waals surface area contributed by atoms with Crippen LogP contribution in [0.2, 0.25) is 0 Å². The molecule has 1 aromatic carbocycles. The summed E-state index contributed by atoms with van der Waals surface area (Å²) in [4.78, 5) is 0. The van der Waals surface area contributed by atoms with Crippen molar-refractivity contribution in [2.75, 3.05) is 18.8 Å². The van der Waals surface area contributed by atoms with E-state index in [9.17, 15) is 8.42 Å². The highest BCUT2D eigenvalue weighted by Crippen LogP contribution is 2.17. The van der Waals surface area contributed by atoms with Crippen molar-refractivity contribution in [3.63, 3.8) is 0 Å². The van der Waals surface area contributed by atoms with Crippen LogP contribution in [0.5, 0.6) is 0 Å². The van der Waals surface area contributed by atoms with Crippen LogP contribution in [0, 0.1) is 0 Å². The highest BCUT2D eigenvalue weighted by molar-refractivity contribution is 7.88. The van der Waals surface area contributed by atoms with Gasteiger partial charge in [-0.2, -0.15) is 0 Å². The smallest absolute Gasteiger partial charge is 0.218 e. The van der Waals surface area contributed by atoms with Gasteiger partial charge in [0.05, 0.1) is 5.75 Å². The van der Waals surface area contributed by atoms with Crippen LogP contribution in [0.3, 0.4) is 0 Å². The molecule has 1 aliphatic heterocycles. The van der Waals surface area contributed by atoms with Gasteiger partial charge in [-0.3, -0.25) is 0 Å². The molecule has 4 nitrogen and oxygen atoms in total. The summed E-state index contributed by atoms with van der Waals surface area (Å²) in [6.07, 6.45) is 1.95. The first-order chi connectivity index (χ1) is 7.58. The summed E-state index contributed by atoms with van der Waals surface area (Å²) in [5, 5.41) is 0. The van der Waals surface area contributed by atoms with Gasteiger partial charge in [-0.05, 0) is 30.5 Å². The van der Waals surface area contributed by atoms with Crippen LogP contribution in [0.15, 0.2) is 24.3 Å². The van der Waals surface area contributed by atoms with E-state index in [1.807, 2.05) is 0 Å². The van der Waals surface area contributed by atoms with Crippen molar-refractivity contribution in [3.8, 4) is 0 Å². The van der Waals surface area contributed by atoms with E-state index in [2.05, 4.69) is 0 Å². The zero-order valence-electron chi connectivity index (χ0n) is 9.09. The second kappa shape index (κ2) is 4.43. The van der Waals surface area contributed by atoms with Crippen LogP contribution in [0.25, 0.3) is 0 Å². The predicted molar refractivity (Wildman–Crippen MR) is 64.3 cm³/mol. The van der Waals surface area contributed by atoms with E-state index in [4.69, 9.17) is 5.73 Å². The average Bonchev–Trinajstić information content (AvgIpc) is 2.75. The van der Waals surface area contributed by atoms with Crippen molar-refractivity contribution in [2.24, 2.45) is 0 Å². The molecule has 0 radical (unpaired) electrons. The Balaban J connectivity index is 2.11. The Morgan fingerprint density at radius 1 is 1.12 bits per heavy atom. The molecule has 0 amide bonds. The molecule has 16 heavy (non-hydrogen) atoms. The molecule has 0 saturated carbocycles. The first kappa shape index (κ1) is 11.4. The highest BCUT2D eigenvalue weighted by atomic mass is 32.2. The highest BCUT2D eigenvalue weighted by Gasteiger charge is 2.25. The molecule has 88 valence electrons. The van der Waals surface area contributed by atoms with Crippen LogP contribution in [-0.2, 0) is 15.8 Å². The molecule has 5 heteroatoms. The fraction of sp³-hybridized carbons (Fsp3) is 0.455. The normalized spacial score (nSPS) is 17.8. The maximum atomic E-state index is 12.0. The third kappa shape index (κ3) is 2.54. The molecular formula is C11H16N2O2S. The van der Waals surface area contributed by atoms with E-state index >= 15 is 0 Å². The second-order valence-corrected chi connectivity index (χ2v) is 6.07. The number of nitrogens with two attached hydrogens (primary N) is 1. The van der Waals surface area contributed by atoms with Gasteiger partial charge >= 0.3 is 0 Å². The summed E-state index contributed by atoms with van der Waals surface area (Å²) >= 11 is 0. The minimum atomic E-state index is -3.13. The van der Waals surface area contributed by atoms with E-state index in [0.717, 1.165) is 18.4 Å². The van der Waals surface area contributed by atoms with Gasteiger partial charge in [0.2, 0.25) is 10.0 Å². The molecule has 1 aliphatic rings. The van der Waals surface area contributed by atoms with Crippen molar-refractivity contribution in [1.82, 2.24) is 4.31 Å². The Labute approximate surface area is 96.1 Å². The number of nitrogen functional groups attached to an aromatic ring is 1. The third-order valence-electron chi connectivity index (χ3n) is 2.79. The van der Waals surface area contributed by atoms with Gasteiger partial charge in [-0.25, -0.2) is 12.7 Å². The second-order valence-electron chi connectivity index (χ2n) is 4.10. The van der Waals surface area contributed by atoms with E-state index in [0.29, 0.717) is 18.8 Å². The van der Waals surface area contributed by atoms with Gasteiger partial charge in [0.1, 0.15) is 0 Å². The van der Waals surface area contributed by atoms with Gasteiger partial charge in [0.25, 0.3) is 0 Å². The van der Waals surface area contributed by atoms with E-state index in [1.165, 1.54) is 0 Å².